The van der Waals surface area contributed by atoms with Gasteiger partial charge in [0.2, 0.25) is 11.6 Å². The highest BCUT2D eigenvalue weighted by atomic mass is 16.5. The van der Waals surface area contributed by atoms with Gasteiger partial charge in [0.25, 0.3) is 0 Å². The molecule has 47 heavy (non-hydrogen) atoms. The van der Waals surface area contributed by atoms with Crippen LogP contribution in [-0.4, -0.2) is 24.4 Å². The van der Waals surface area contributed by atoms with Crippen LogP contribution in [0.25, 0.3) is 32.7 Å². The Morgan fingerprint density at radius 1 is 0.915 bits per heavy atom. The van der Waals surface area contributed by atoms with E-state index in [9.17, 15) is 9.59 Å². The zero-order valence-corrected chi connectivity index (χ0v) is 27.0. The zero-order valence-electron chi connectivity index (χ0n) is 27.0. The molecule has 0 fully saturated rings. The minimum absolute atomic E-state index is 0.155. The van der Waals surface area contributed by atoms with Crippen LogP contribution in [0.5, 0.6) is 5.75 Å². The maximum atomic E-state index is 13.7. The summed E-state index contributed by atoms with van der Waals surface area (Å²) in [6, 6.07) is 25.4. The zero-order chi connectivity index (χ0) is 32.7. The first-order valence-electron chi connectivity index (χ1n) is 16.0. The van der Waals surface area contributed by atoms with Crippen LogP contribution in [0.2, 0.25) is 0 Å². The lowest BCUT2D eigenvalue weighted by Gasteiger charge is -2.46. The van der Waals surface area contributed by atoms with E-state index in [0.29, 0.717) is 29.0 Å². The highest BCUT2D eigenvalue weighted by Gasteiger charge is 2.59. The minimum Gasteiger partial charge on any atom is -0.461 e. The van der Waals surface area contributed by atoms with Crippen molar-refractivity contribution in [1.29, 1.82) is 0 Å². The molecule has 1 amide bonds. The fraction of sp³-hybridized carbons (Fsp3) is 0.256. The highest BCUT2D eigenvalue weighted by Crippen LogP contribution is 2.54. The van der Waals surface area contributed by atoms with E-state index < -0.39 is 22.8 Å². The minimum atomic E-state index is -0.952. The van der Waals surface area contributed by atoms with Crippen molar-refractivity contribution < 1.29 is 18.4 Å². The van der Waals surface area contributed by atoms with E-state index in [0.717, 1.165) is 49.8 Å². The molecule has 1 N–H and O–H groups in total. The summed E-state index contributed by atoms with van der Waals surface area (Å²) in [5.41, 5.74) is 3.55. The molecule has 0 aliphatic carbocycles. The van der Waals surface area contributed by atoms with Crippen molar-refractivity contribution in [2.45, 2.75) is 58.2 Å². The van der Waals surface area contributed by atoms with Gasteiger partial charge >= 0.3 is 5.63 Å². The lowest BCUT2D eigenvalue weighted by molar-refractivity contribution is -0.121. The first kappa shape index (κ1) is 29.1. The van der Waals surface area contributed by atoms with Gasteiger partial charge in [0.05, 0.1) is 23.2 Å². The fourth-order valence-corrected chi connectivity index (χ4v) is 7.54. The molecule has 8 nitrogen and oxygen atoms in total. The van der Waals surface area contributed by atoms with Crippen LogP contribution in [0.15, 0.2) is 97.5 Å². The number of rotatable bonds is 5. The fourth-order valence-electron chi connectivity index (χ4n) is 7.54. The molecule has 2 atom stereocenters. The van der Waals surface area contributed by atoms with Gasteiger partial charge in [0, 0.05) is 40.9 Å². The van der Waals surface area contributed by atoms with Gasteiger partial charge in [-0.1, -0.05) is 48.5 Å². The summed E-state index contributed by atoms with van der Waals surface area (Å²) in [6.45, 7) is 10.4. The molecular weight excluding hydrogens is 590 g/mol. The first-order chi connectivity index (χ1) is 22.6. The smallest absolute Gasteiger partial charge is 0.336 e. The number of carbonyl (C=O) groups is 1. The van der Waals surface area contributed by atoms with E-state index in [-0.39, 0.29) is 12.3 Å². The molecule has 4 aromatic carbocycles. The van der Waals surface area contributed by atoms with Gasteiger partial charge in [0.1, 0.15) is 28.4 Å². The van der Waals surface area contributed by atoms with Crippen LogP contribution in [-0.2, 0) is 10.2 Å². The largest absolute Gasteiger partial charge is 0.461 e. The first-order valence-corrected chi connectivity index (χ1v) is 16.0. The summed E-state index contributed by atoms with van der Waals surface area (Å²) in [7, 11) is 0. The Labute approximate surface area is 271 Å². The van der Waals surface area contributed by atoms with E-state index in [4.69, 9.17) is 18.6 Å². The van der Waals surface area contributed by atoms with Gasteiger partial charge in [-0.25, -0.2) is 4.79 Å². The Kier molecular flexibility index (Phi) is 6.38. The van der Waals surface area contributed by atoms with Gasteiger partial charge in [-0.05, 0) is 75.4 Å². The Balaban J connectivity index is 1.12. The second-order valence-corrected chi connectivity index (χ2v) is 13.2. The van der Waals surface area contributed by atoms with Gasteiger partial charge in [-0.3, -0.25) is 9.79 Å². The molecule has 2 aliphatic rings. The number of nitrogens with one attached hydrogen (secondary N) is 1. The number of para-hydroxylation sites is 1. The number of aryl methyl sites for hydroxylation is 2. The predicted molar refractivity (Wildman–Crippen MR) is 185 cm³/mol. The molecule has 6 aromatic rings. The number of anilines is 1. The average molecular weight is 626 g/mol. The van der Waals surface area contributed by atoms with E-state index in [2.05, 4.69) is 54.4 Å². The molecule has 0 saturated heterocycles. The van der Waals surface area contributed by atoms with Crippen molar-refractivity contribution in [3.8, 4) is 5.75 Å². The molecule has 0 bridgehead atoms. The van der Waals surface area contributed by atoms with E-state index in [1.807, 2.05) is 69.5 Å². The SMILES string of the molecule is Cc1cc2cc3c(C)cc(=O)oc3c(C(C)NC(=O)CCN3c4ccccc4C(C)(C)C34C=Nc3c(ccc5ccccc35)O4)c2o1. The molecule has 2 unspecified atom stereocenters. The van der Waals surface area contributed by atoms with Crippen LogP contribution in [0.3, 0.4) is 0 Å². The molecule has 2 aromatic heterocycles. The topological polar surface area (TPSA) is 97.3 Å². The third kappa shape index (κ3) is 4.31. The summed E-state index contributed by atoms with van der Waals surface area (Å²) < 4.78 is 18.8. The van der Waals surface area contributed by atoms with Crippen LogP contribution < -0.4 is 20.6 Å². The third-order valence-electron chi connectivity index (χ3n) is 9.92. The molecule has 0 saturated carbocycles. The summed E-state index contributed by atoms with van der Waals surface area (Å²) in [4.78, 5) is 33.4. The van der Waals surface area contributed by atoms with Crippen LogP contribution in [0.4, 0.5) is 11.4 Å². The van der Waals surface area contributed by atoms with Gasteiger partial charge in [0.15, 0.2) is 0 Å². The number of furan rings is 1. The van der Waals surface area contributed by atoms with E-state index in [1.54, 1.807) is 0 Å². The van der Waals surface area contributed by atoms with Crippen molar-refractivity contribution in [3.05, 3.63) is 112 Å². The maximum Gasteiger partial charge on any atom is 0.336 e. The highest BCUT2D eigenvalue weighted by molar-refractivity contribution is 6.01. The number of hydrogen-bond donors (Lipinski definition) is 1. The molecule has 0 radical (unpaired) electrons. The second-order valence-electron chi connectivity index (χ2n) is 13.2. The van der Waals surface area contributed by atoms with Crippen molar-refractivity contribution >= 4 is 56.2 Å². The summed E-state index contributed by atoms with van der Waals surface area (Å²) in [5.74, 6) is 1.29. The number of carbonyl (C=O) groups excluding carboxylic acids is 1. The average Bonchev–Trinajstić information content (AvgIpc) is 3.50. The molecular formula is C39H35N3O5. The predicted octanol–water partition coefficient (Wildman–Crippen LogP) is 8.17. The quantitative estimate of drug-likeness (QED) is 0.194. The normalized spacial score (nSPS) is 18.4. The number of hydrogen-bond acceptors (Lipinski definition) is 7. The van der Waals surface area contributed by atoms with Crippen molar-refractivity contribution in [1.82, 2.24) is 5.32 Å². The van der Waals surface area contributed by atoms with Crippen LogP contribution in [0, 0.1) is 13.8 Å². The van der Waals surface area contributed by atoms with E-state index >= 15 is 0 Å². The molecule has 1 spiro atoms. The van der Waals surface area contributed by atoms with Gasteiger partial charge in [-0.15, -0.1) is 0 Å². The summed E-state index contributed by atoms with van der Waals surface area (Å²) in [6.07, 6.45) is 2.10. The van der Waals surface area contributed by atoms with Crippen LogP contribution in [0.1, 0.15) is 55.7 Å². The summed E-state index contributed by atoms with van der Waals surface area (Å²) in [5, 5.41) is 7.00. The monoisotopic (exact) mass is 625 g/mol. The standard InChI is InChI=1S/C39H35N3O5/c1-22-18-33(44)46-37-28(22)20-26-19-23(2)45-36(26)34(37)24(3)41-32(43)16-17-42-30-13-9-8-12-29(30)38(4,5)39(42)21-40-35-27-11-7-6-10-25(27)14-15-31(35)47-39/h6-15,18-21,24H,16-17H2,1-5H3,(H,41,43). The number of benzene rings is 4. The third-order valence-corrected chi connectivity index (χ3v) is 9.92. The molecule has 4 heterocycles. The molecule has 2 aliphatic heterocycles. The second kappa shape index (κ2) is 10.3. The van der Waals surface area contributed by atoms with Gasteiger partial charge in [-0.2, -0.15) is 0 Å². The van der Waals surface area contributed by atoms with Crippen molar-refractivity contribution in [2.75, 3.05) is 11.4 Å². The molecule has 236 valence electrons. The van der Waals surface area contributed by atoms with Gasteiger partial charge < -0.3 is 23.8 Å². The molecule has 8 heteroatoms. The maximum absolute atomic E-state index is 13.7. The number of ether oxygens (including phenoxy) is 1. The Hall–Kier alpha value is -5.37. The lowest BCUT2D eigenvalue weighted by atomic mass is 9.77. The number of aliphatic imine (C=N–C) groups is 1. The van der Waals surface area contributed by atoms with Crippen LogP contribution >= 0.6 is 0 Å². The Morgan fingerprint density at radius 2 is 1.70 bits per heavy atom. The van der Waals surface area contributed by atoms with E-state index in [1.165, 1.54) is 6.07 Å². The number of fused-ring (bicyclic) bond motifs is 6. The summed E-state index contributed by atoms with van der Waals surface area (Å²) >= 11 is 0. The van der Waals surface area contributed by atoms with Crippen molar-refractivity contribution in [3.63, 3.8) is 0 Å². The number of amides is 1. The lowest BCUT2D eigenvalue weighted by Crippen LogP contribution is -2.62. The Morgan fingerprint density at radius 3 is 2.55 bits per heavy atom. The number of nitrogens with zero attached hydrogens (tertiary/aromatic N) is 2. The molecule has 8 rings (SSSR count). The Bertz CT molecular complexity index is 2350. The van der Waals surface area contributed by atoms with Crippen molar-refractivity contribution in [2.24, 2.45) is 4.99 Å².